The number of halogens is 1. The van der Waals surface area contributed by atoms with Gasteiger partial charge in [0.05, 0.1) is 11.6 Å². The summed E-state index contributed by atoms with van der Waals surface area (Å²) in [5.41, 5.74) is 0.742. The van der Waals surface area contributed by atoms with Gasteiger partial charge in [-0.2, -0.15) is 0 Å². The number of rotatable bonds is 4. The van der Waals surface area contributed by atoms with E-state index < -0.39 is 11.9 Å². The second-order valence-electron chi connectivity index (χ2n) is 4.41. The zero-order valence-electron chi connectivity index (χ0n) is 12.3. The van der Waals surface area contributed by atoms with Crippen LogP contribution in [0.3, 0.4) is 0 Å². The highest BCUT2D eigenvalue weighted by molar-refractivity contribution is 6.32. The normalized spacial score (nSPS) is 15.5. The summed E-state index contributed by atoms with van der Waals surface area (Å²) in [6.07, 6.45) is 1.52. The van der Waals surface area contributed by atoms with E-state index in [4.69, 9.17) is 25.8 Å². The molecule has 1 aliphatic heterocycles. The molecule has 1 aromatic rings. The SMILES string of the molecule is CCOc1cc(/C=C2\N=C(C)OC2=O)cc(Cl)c1OC(C)=O. The molecule has 0 radical (unpaired) electrons. The van der Waals surface area contributed by atoms with Gasteiger partial charge < -0.3 is 14.2 Å². The van der Waals surface area contributed by atoms with Crippen molar-refractivity contribution in [2.45, 2.75) is 20.8 Å². The van der Waals surface area contributed by atoms with Crippen molar-refractivity contribution in [1.29, 1.82) is 0 Å². The highest BCUT2D eigenvalue weighted by Gasteiger charge is 2.20. The van der Waals surface area contributed by atoms with Gasteiger partial charge in [-0.15, -0.1) is 0 Å². The predicted molar refractivity (Wildman–Crippen MR) is 81.1 cm³/mol. The summed E-state index contributed by atoms with van der Waals surface area (Å²) in [6.45, 7) is 5.01. The van der Waals surface area contributed by atoms with Crippen LogP contribution >= 0.6 is 11.6 Å². The number of carbonyl (C=O) groups is 2. The van der Waals surface area contributed by atoms with Crippen LogP contribution in [-0.4, -0.2) is 24.4 Å². The van der Waals surface area contributed by atoms with E-state index in [1.165, 1.54) is 13.0 Å². The summed E-state index contributed by atoms with van der Waals surface area (Å²) in [5.74, 6) is -0.302. The van der Waals surface area contributed by atoms with Gasteiger partial charge in [0.2, 0.25) is 0 Å². The zero-order chi connectivity index (χ0) is 16.3. The van der Waals surface area contributed by atoms with Crippen molar-refractivity contribution in [2.24, 2.45) is 4.99 Å². The Morgan fingerprint density at radius 1 is 1.45 bits per heavy atom. The first-order valence-electron chi connectivity index (χ1n) is 6.54. The summed E-state index contributed by atoms with van der Waals surface area (Å²) in [4.78, 5) is 26.7. The molecule has 0 bridgehead atoms. The number of cyclic esters (lactones) is 1. The molecule has 0 spiro atoms. The number of aliphatic imine (C=N–C) groups is 1. The van der Waals surface area contributed by atoms with Gasteiger partial charge in [-0.3, -0.25) is 4.79 Å². The summed E-state index contributed by atoms with van der Waals surface area (Å²) >= 11 is 6.13. The lowest BCUT2D eigenvalue weighted by Gasteiger charge is -2.12. The Hall–Kier alpha value is -2.34. The van der Waals surface area contributed by atoms with Gasteiger partial charge >= 0.3 is 11.9 Å². The number of esters is 2. The van der Waals surface area contributed by atoms with Crippen LogP contribution < -0.4 is 9.47 Å². The highest BCUT2D eigenvalue weighted by atomic mass is 35.5. The van der Waals surface area contributed by atoms with Gasteiger partial charge in [-0.1, -0.05) is 11.6 Å². The van der Waals surface area contributed by atoms with Crippen LogP contribution in [-0.2, 0) is 14.3 Å². The van der Waals surface area contributed by atoms with E-state index in [9.17, 15) is 9.59 Å². The molecule has 7 heteroatoms. The maximum atomic E-state index is 11.6. The van der Waals surface area contributed by atoms with E-state index in [0.717, 1.165) is 0 Å². The van der Waals surface area contributed by atoms with Gasteiger partial charge in [0, 0.05) is 13.8 Å². The lowest BCUT2D eigenvalue weighted by Crippen LogP contribution is -2.05. The lowest BCUT2D eigenvalue weighted by molar-refractivity contribution is -0.132. The lowest BCUT2D eigenvalue weighted by atomic mass is 10.1. The van der Waals surface area contributed by atoms with E-state index in [1.807, 2.05) is 0 Å². The van der Waals surface area contributed by atoms with E-state index in [0.29, 0.717) is 17.9 Å². The molecule has 1 heterocycles. The zero-order valence-corrected chi connectivity index (χ0v) is 13.1. The molecule has 0 aliphatic carbocycles. The molecule has 2 rings (SSSR count). The molecule has 0 atom stereocenters. The average Bonchev–Trinajstić information content (AvgIpc) is 2.72. The first kappa shape index (κ1) is 16.0. The number of ether oxygens (including phenoxy) is 3. The molecule has 22 heavy (non-hydrogen) atoms. The Labute approximate surface area is 132 Å². The van der Waals surface area contributed by atoms with E-state index >= 15 is 0 Å². The Morgan fingerprint density at radius 3 is 2.73 bits per heavy atom. The molecule has 0 amide bonds. The molecule has 0 N–H and O–H groups in total. The molecule has 6 nitrogen and oxygen atoms in total. The molecule has 116 valence electrons. The van der Waals surface area contributed by atoms with Crippen LogP contribution in [0.2, 0.25) is 5.02 Å². The van der Waals surface area contributed by atoms with Crippen LogP contribution in [0.4, 0.5) is 0 Å². The number of hydrogen-bond donors (Lipinski definition) is 0. The number of nitrogens with zero attached hydrogens (tertiary/aromatic N) is 1. The maximum absolute atomic E-state index is 11.6. The van der Waals surface area contributed by atoms with Crippen LogP contribution in [0.25, 0.3) is 6.08 Å². The monoisotopic (exact) mass is 323 g/mol. The van der Waals surface area contributed by atoms with Gasteiger partial charge in [-0.25, -0.2) is 9.79 Å². The average molecular weight is 324 g/mol. The second-order valence-corrected chi connectivity index (χ2v) is 4.81. The Bertz CT molecular complexity index is 693. The van der Waals surface area contributed by atoms with Crippen LogP contribution in [0, 0.1) is 0 Å². The molecular weight excluding hydrogens is 310 g/mol. The summed E-state index contributed by atoms with van der Waals surface area (Å²) in [5, 5.41) is 0.195. The van der Waals surface area contributed by atoms with Crippen LogP contribution in [0.5, 0.6) is 11.5 Å². The van der Waals surface area contributed by atoms with Crippen LogP contribution in [0.15, 0.2) is 22.8 Å². The van der Waals surface area contributed by atoms with Gasteiger partial charge in [0.25, 0.3) is 0 Å². The molecule has 1 aliphatic rings. The second kappa shape index (κ2) is 6.62. The van der Waals surface area contributed by atoms with Crippen molar-refractivity contribution in [3.05, 3.63) is 28.4 Å². The predicted octanol–water partition coefficient (Wildman–Crippen LogP) is 2.98. The Balaban J connectivity index is 2.44. The van der Waals surface area contributed by atoms with Crippen molar-refractivity contribution >= 4 is 35.5 Å². The van der Waals surface area contributed by atoms with Crippen molar-refractivity contribution in [1.82, 2.24) is 0 Å². The van der Waals surface area contributed by atoms with Gasteiger partial charge in [0.15, 0.2) is 23.1 Å². The van der Waals surface area contributed by atoms with E-state index in [2.05, 4.69) is 4.99 Å². The number of hydrogen-bond acceptors (Lipinski definition) is 6. The molecule has 0 saturated heterocycles. The molecule has 0 saturated carbocycles. The molecule has 1 aromatic carbocycles. The van der Waals surface area contributed by atoms with Crippen molar-refractivity contribution in [2.75, 3.05) is 6.61 Å². The number of benzene rings is 1. The standard InChI is InChI=1S/C15H14ClNO5/c1-4-20-13-7-10(5-11(16)14(13)22-9(3)18)6-12-15(19)21-8(2)17-12/h5-7H,4H2,1-3H3/b12-6-. The Morgan fingerprint density at radius 2 is 2.18 bits per heavy atom. The summed E-state index contributed by atoms with van der Waals surface area (Å²) in [6, 6.07) is 3.16. The topological polar surface area (TPSA) is 74.2 Å². The molecular formula is C15H14ClNO5. The highest BCUT2D eigenvalue weighted by Crippen LogP contribution is 2.37. The first-order chi connectivity index (χ1) is 10.4. The third-order valence-electron chi connectivity index (χ3n) is 2.61. The third kappa shape index (κ3) is 3.65. The quantitative estimate of drug-likeness (QED) is 0.484. The van der Waals surface area contributed by atoms with Crippen molar-refractivity contribution < 1.29 is 23.8 Å². The largest absolute Gasteiger partial charge is 0.490 e. The Kier molecular flexibility index (Phi) is 4.82. The fourth-order valence-electron chi connectivity index (χ4n) is 1.85. The van der Waals surface area contributed by atoms with Crippen LogP contribution in [0.1, 0.15) is 26.3 Å². The van der Waals surface area contributed by atoms with E-state index in [1.54, 1.807) is 26.0 Å². The van der Waals surface area contributed by atoms with Crippen molar-refractivity contribution in [3.63, 3.8) is 0 Å². The number of carbonyl (C=O) groups excluding carboxylic acids is 2. The van der Waals surface area contributed by atoms with Gasteiger partial charge in [-0.05, 0) is 30.7 Å². The minimum absolute atomic E-state index is 0.145. The van der Waals surface area contributed by atoms with Crippen molar-refractivity contribution in [3.8, 4) is 11.5 Å². The molecule has 0 fully saturated rings. The fraction of sp³-hybridized carbons (Fsp3) is 0.267. The third-order valence-corrected chi connectivity index (χ3v) is 2.89. The summed E-state index contributed by atoms with van der Waals surface area (Å²) < 4.78 is 15.3. The first-order valence-corrected chi connectivity index (χ1v) is 6.92. The minimum Gasteiger partial charge on any atom is -0.490 e. The summed E-state index contributed by atoms with van der Waals surface area (Å²) in [7, 11) is 0. The molecule has 0 unspecified atom stereocenters. The van der Waals surface area contributed by atoms with Gasteiger partial charge in [0.1, 0.15) is 0 Å². The maximum Gasteiger partial charge on any atom is 0.363 e. The minimum atomic E-state index is -0.532. The van der Waals surface area contributed by atoms with E-state index in [-0.39, 0.29) is 22.4 Å². The fourth-order valence-corrected chi connectivity index (χ4v) is 2.11. The smallest absolute Gasteiger partial charge is 0.363 e. The molecule has 0 aromatic heterocycles.